The molecule has 14 unspecified atom stereocenters. The number of ether oxygens (including phenoxy) is 4. The molecule has 2 heterocycles. The lowest BCUT2D eigenvalue weighted by Crippen LogP contribution is -2.68. The zero-order chi connectivity index (χ0) is 25.3. The van der Waals surface area contributed by atoms with Gasteiger partial charge in [-0.15, -0.1) is 0 Å². The lowest BCUT2D eigenvalue weighted by Gasteiger charge is -2.48. The molecule has 14 atom stereocenters. The molecule has 0 radical (unpaired) electrons. The van der Waals surface area contributed by atoms with Gasteiger partial charge in [-0.05, 0) is 6.42 Å². The maximum atomic E-state index is 11.1. The molecule has 198 valence electrons. The number of rotatable bonds is 7. The molecule has 0 aromatic heterocycles. The molecule has 2 aliphatic heterocycles. The van der Waals surface area contributed by atoms with Crippen LogP contribution < -0.4 is 17.2 Å². The molecule has 0 spiro atoms. The van der Waals surface area contributed by atoms with Gasteiger partial charge in [-0.3, -0.25) is 4.79 Å². The summed E-state index contributed by atoms with van der Waals surface area (Å²) in [5, 5.41) is 61.2. The second kappa shape index (κ2) is 11.3. The SMILES string of the molecule is CN(C=O)C1C(O)COC(OC2C(N)CC(N)C(OC3OC(CO)C(O)C(O)C3N)C2O)C1O. The van der Waals surface area contributed by atoms with Crippen molar-refractivity contribution in [3.8, 4) is 0 Å². The molecular formula is C19H36N4O11. The molecule has 3 rings (SSSR count). The summed E-state index contributed by atoms with van der Waals surface area (Å²) in [5.74, 6) is 0. The quantitative estimate of drug-likeness (QED) is 0.149. The van der Waals surface area contributed by atoms with Crippen molar-refractivity contribution in [1.82, 2.24) is 4.90 Å². The zero-order valence-corrected chi connectivity index (χ0v) is 18.7. The molecule has 3 fully saturated rings. The fourth-order valence-corrected chi connectivity index (χ4v) is 4.66. The number of aliphatic hydroxyl groups is 6. The normalized spacial score (nSPS) is 50.1. The Kier molecular flexibility index (Phi) is 9.18. The molecule has 15 nitrogen and oxygen atoms in total. The Morgan fingerprint density at radius 1 is 0.941 bits per heavy atom. The van der Waals surface area contributed by atoms with Crippen LogP contribution in [-0.4, -0.2) is 148 Å². The number of amides is 1. The second-order valence-corrected chi connectivity index (χ2v) is 9.06. The van der Waals surface area contributed by atoms with Gasteiger partial charge in [-0.25, -0.2) is 0 Å². The Labute approximate surface area is 195 Å². The van der Waals surface area contributed by atoms with Crippen molar-refractivity contribution in [2.24, 2.45) is 17.2 Å². The van der Waals surface area contributed by atoms with Gasteiger partial charge in [0.2, 0.25) is 6.41 Å². The Hall–Kier alpha value is -1.05. The van der Waals surface area contributed by atoms with Crippen LogP contribution in [0.15, 0.2) is 0 Å². The third-order valence-electron chi connectivity index (χ3n) is 6.66. The summed E-state index contributed by atoms with van der Waals surface area (Å²) in [6.07, 6.45) is -12.5. The number of carbonyl (C=O) groups excluding carboxylic acids is 1. The highest BCUT2D eigenvalue weighted by molar-refractivity contribution is 5.47. The molecular weight excluding hydrogens is 460 g/mol. The summed E-state index contributed by atoms with van der Waals surface area (Å²) in [4.78, 5) is 12.2. The van der Waals surface area contributed by atoms with Crippen molar-refractivity contribution in [2.75, 3.05) is 20.3 Å². The molecule has 2 saturated heterocycles. The zero-order valence-electron chi connectivity index (χ0n) is 18.7. The molecule has 3 aliphatic rings. The van der Waals surface area contributed by atoms with Crippen LogP contribution in [-0.2, 0) is 23.7 Å². The number of carbonyl (C=O) groups is 1. The number of hydrogen-bond donors (Lipinski definition) is 9. The highest BCUT2D eigenvalue weighted by atomic mass is 16.7. The first-order valence-corrected chi connectivity index (χ1v) is 11.0. The first-order valence-electron chi connectivity index (χ1n) is 11.0. The molecule has 0 bridgehead atoms. The predicted octanol–water partition coefficient (Wildman–Crippen LogP) is -6.52. The fourth-order valence-electron chi connectivity index (χ4n) is 4.66. The van der Waals surface area contributed by atoms with Gasteiger partial charge in [0.25, 0.3) is 0 Å². The minimum atomic E-state index is -1.47. The average Bonchev–Trinajstić information content (AvgIpc) is 2.80. The van der Waals surface area contributed by atoms with E-state index < -0.39 is 92.2 Å². The number of likely N-dealkylation sites (N-methyl/N-ethyl adjacent to an activating group) is 1. The van der Waals surface area contributed by atoms with Gasteiger partial charge in [0.05, 0.1) is 25.3 Å². The molecule has 34 heavy (non-hydrogen) atoms. The van der Waals surface area contributed by atoms with Crippen LogP contribution >= 0.6 is 0 Å². The second-order valence-electron chi connectivity index (χ2n) is 9.06. The number of aliphatic hydroxyl groups excluding tert-OH is 6. The molecule has 1 saturated carbocycles. The number of nitrogens with zero attached hydrogens (tertiary/aromatic N) is 1. The van der Waals surface area contributed by atoms with Crippen LogP contribution in [0.4, 0.5) is 0 Å². The fraction of sp³-hybridized carbons (Fsp3) is 0.947. The Balaban J connectivity index is 1.72. The van der Waals surface area contributed by atoms with E-state index in [0.29, 0.717) is 6.41 Å². The molecule has 15 heteroatoms. The predicted molar refractivity (Wildman–Crippen MR) is 111 cm³/mol. The lowest BCUT2D eigenvalue weighted by molar-refractivity contribution is -0.313. The minimum Gasteiger partial charge on any atom is -0.394 e. The minimum absolute atomic E-state index is 0.117. The van der Waals surface area contributed by atoms with Crippen molar-refractivity contribution in [3.05, 3.63) is 0 Å². The summed E-state index contributed by atoms with van der Waals surface area (Å²) in [6, 6.07) is -3.82. The third kappa shape index (κ3) is 5.36. The van der Waals surface area contributed by atoms with E-state index in [1.165, 1.54) is 7.05 Å². The van der Waals surface area contributed by atoms with Crippen LogP contribution in [0.5, 0.6) is 0 Å². The van der Waals surface area contributed by atoms with Crippen LogP contribution in [0.25, 0.3) is 0 Å². The van der Waals surface area contributed by atoms with E-state index >= 15 is 0 Å². The van der Waals surface area contributed by atoms with Crippen LogP contribution in [0.3, 0.4) is 0 Å². The van der Waals surface area contributed by atoms with Gasteiger partial charge in [0, 0.05) is 19.1 Å². The molecule has 0 aromatic rings. The molecule has 1 aliphatic carbocycles. The number of nitrogens with two attached hydrogens (primary N) is 3. The van der Waals surface area contributed by atoms with Crippen LogP contribution in [0.1, 0.15) is 6.42 Å². The Bertz CT molecular complexity index is 678. The summed E-state index contributed by atoms with van der Waals surface area (Å²) in [5.41, 5.74) is 18.2. The van der Waals surface area contributed by atoms with E-state index in [1.807, 2.05) is 0 Å². The molecule has 12 N–H and O–H groups in total. The summed E-state index contributed by atoms with van der Waals surface area (Å²) in [7, 11) is 1.38. The van der Waals surface area contributed by atoms with Crippen LogP contribution in [0, 0.1) is 0 Å². The topological polar surface area (TPSA) is 257 Å². The maximum Gasteiger partial charge on any atom is 0.209 e. The molecule has 1 amide bonds. The molecule has 0 aromatic carbocycles. The van der Waals surface area contributed by atoms with E-state index in [9.17, 15) is 35.4 Å². The van der Waals surface area contributed by atoms with Crippen molar-refractivity contribution in [3.63, 3.8) is 0 Å². The third-order valence-corrected chi connectivity index (χ3v) is 6.66. The van der Waals surface area contributed by atoms with Crippen LogP contribution in [0.2, 0.25) is 0 Å². The summed E-state index contributed by atoms with van der Waals surface area (Å²) < 4.78 is 22.4. The maximum absolute atomic E-state index is 11.1. The smallest absolute Gasteiger partial charge is 0.209 e. The van der Waals surface area contributed by atoms with E-state index in [0.717, 1.165) is 4.90 Å². The first kappa shape index (κ1) is 27.5. The van der Waals surface area contributed by atoms with Crippen molar-refractivity contribution in [1.29, 1.82) is 0 Å². The van der Waals surface area contributed by atoms with Gasteiger partial charge < -0.3 is 71.7 Å². The standard InChI is InChI=1S/C19H36N4O11/c1-23(5-25)11-8(26)4-31-19(14(11)29)34-17-7(21)2-6(20)16(15(17)30)33-18-10(22)13(28)12(27)9(3-24)32-18/h5-19,24,26-30H,2-4,20-22H2,1H3. The average molecular weight is 497 g/mol. The van der Waals surface area contributed by atoms with Crippen molar-refractivity contribution < 1.29 is 54.4 Å². The van der Waals surface area contributed by atoms with E-state index in [2.05, 4.69) is 0 Å². The highest BCUT2D eigenvalue weighted by Gasteiger charge is 2.51. The lowest BCUT2D eigenvalue weighted by atomic mass is 9.84. The van der Waals surface area contributed by atoms with E-state index in [1.54, 1.807) is 0 Å². The van der Waals surface area contributed by atoms with Gasteiger partial charge in [-0.1, -0.05) is 0 Å². The number of hydrogen-bond acceptors (Lipinski definition) is 14. The Morgan fingerprint density at radius 3 is 2.09 bits per heavy atom. The largest absolute Gasteiger partial charge is 0.394 e. The first-order chi connectivity index (χ1) is 16.0. The summed E-state index contributed by atoms with van der Waals surface area (Å²) in [6.45, 7) is -0.852. The van der Waals surface area contributed by atoms with Gasteiger partial charge in [-0.2, -0.15) is 0 Å². The van der Waals surface area contributed by atoms with Gasteiger partial charge in [0.15, 0.2) is 12.6 Å². The van der Waals surface area contributed by atoms with E-state index in [4.69, 9.17) is 36.1 Å². The summed E-state index contributed by atoms with van der Waals surface area (Å²) >= 11 is 0. The monoisotopic (exact) mass is 496 g/mol. The van der Waals surface area contributed by atoms with Crippen molar-refractivity contribution in [2.45, 2.75) is 92.0 Å². The van der Waals surface area contributed by atoms with Gasteiger partial charge in [0.1, 0.15) is 48.8 Å². The Morgan fingerprint density at radius 2 is 1.53 bits per heavy atom. The highest BCUT2D eigenvalue weighted by Crippen LogP contribution is 2.30. The van der Waals surface area contributed by atoms with Crippen molar-refractivity contribution >= 4 is 6.41 Å². The van der Waals surface area contributed by atoms with E-state index in [-0.39, 0.29) is 13.0 Å². The van der Waals surface area contributed by atoms with Gasteiger partial charge >= 0.3 is 0 Å².